The highest BCUT2D eigenvalue weighted by Crippen LogP contribution is 2.22. The summed E-state index contributed by atoms with van der Waals surface area (Å²) >= 11 is 0. The van der Waals surface area contributed by atoms with Crippen molar-refractivity contribution in [1.82, 2.24) is 4.98 Å². The van der Waals surface area contributed by atoms with Crippen molar-refractivity contribution in [1.29, 1.82) is 0 Å². The van der Waals surface area contributed by atoms with E-state index in [0.29, 0.717) is 5.82 Å². The monoisotopic (exact) mass is 298 g/mol. The number of amides is 2. The van der Waals surface area contributed by atoms with E-state index in [9.17, 15) is 4.79 Å². The SMILES string of the molecule is CCN(CC)c1ccc(NC(=O)Nc2ccccn2)c(C)c1. The van der Waals surface area contributed by atoms with Crippen LogP contribution in [0.15, 0.2) is 42.6 Å². The van der Waals surface area contributed by atoms with Crippen molar-refractivity contribution in [3.05, 3.63) is 48.2 Å². The highest BCUT2D eigenvalue weighted by atomic mass is 16.2. The van der Waals surface area contributed by atoms with Crippen LogP contribution in [0.1, 0.15) is 19.4 Å². The lowest BCUT2D eigenvalue weighted by atomic mass is 10.1. The van der Waals surface area contributed by atoms with Gasteiger partial charge in [0.15, 0.2) is 0 Å². The number of nitrogens with one attached hydrogen (secondary N) is 2. The third-order valence-electron chi connectivity index (χ3n) is 3.49. The molecule has 5 nitrogen and oxygen atoms in total. The molecular formula is C17H22N4O. The third-order valence-corrected chi connectivity index (χ3v) is 3.49. The van der Waals surface area contributed by atoms with E-state index < -0.39 is 0 Å². The number of pyridine rings is 1. The topological polar surface area (TPSA) is 57.3 Å². The number of carbonyl (C=O) groups is 1. The predicted octanol–water partition coefficient (Wildman–Crippen LogP) is 3.88. The molecule has 22 heavy (non-hydrogen) atoms. The molecule has 2 N–H and O–H groups in total. The van der Waals surface area contributed by atoms with Gasteiger partial charge in [0.1, 0.15) is 5.82 Å². The Hall–Kier alpha value is -2.56. The fourth-order valence-electron chi connectivity index (χ4n) is 2.28. The summed E-state index contributed by atoms with van der Waals surface area (Å²) in [5.74, 6) is 0.525. The van der Waals surface area contributed by atoms with Crippen LogP contribution >= 0.6 is 0 Å². The van der Waals surface area contributed by atoms with Gasteiger partial charge in [-0.3, -0.25) is 5.32 Å². The first-order chi connectivity index (χ1) is 10.6. The molecule has 0 fully saturated rings. The molecule has 116 valence electrons. The minimum atomic E-state index is -0.294. The van der Waals surface area contributed by atoms with Gasteiger partial charge >= 0.3 is 6.03 Å². The molecule has 0 saturated heterocycles. The fraction of sp³-hybridized carbons (Fsp3) is 0.294. The normalized spacial score (nSPS) is 10.1. The number of carbonyl (C=O) groups excluding carboxylic acids is 1. The van der Waals surface area contributed by atoms with Crippen molar-refractivity contribution in [3.63, 3.8) is 0 Å². The molecule has 1 aromatic heterocycles. The van der Waals surface area contributed by atoms with Gasteiger partial charge in [0.25, 0.3) is 0 Å². The zero-order valence-electron chi connectivity index (χ0n) is 13.3. The Morgan fingerprint density at radius 1 is 1.14 bits per heavy atom. The molecule has 2 aromatic rings. The maximum atomic E-state index is 12.0. The lowest BCUT2D eigenvalue weighted by molar-refractivity contribution is 0.262. The first kappa shape index (κ1) is 15.8. The summed E-state index contributed by atoms with van der Waals surface area (Å²) in [5, 5.41) is 5.56. The predicted molar refractivity (Wildman–Crippen MR) is 91.6 cm³/mol. The van der Waals surface area contributed by atoms with Gasteiger partial charge in [-0.05, 0) is 56.7 Å². The highest BCUT2D eigenvalue weighted by Gasteiger charge is 2.08. The number of aryl methyl sites for hydroxylation is 1. The Balaban J connectivity index is 2.05. The van der Waals surface area contributed by atoms with Crippen molar-refractivity contribution in [2.75, 3.05) is 28.6 Å². The Morgan fingerprint density at radius 3 is 2.50 bits per heavy atom. The van der Waals surface area contributed by atoms with E-state index in [-0.39, 0.29) is 6.03 Å². The molecule has 0 radical (unpaired) electrons. The van der Waals surface area contributed by atoms with Gasteiger partial charge in [0.05, 0.1) is 0 Å². The summed E-state index contributed by atoms with van der Waals surface area (Å²) in [7, 11) is 0. The number of benzene rings is 1. The Kier molecular flexibility index (Phi) is 5.36. The van der Waals surface area contributed by atoms with Crippen LogP contribution in [0, 0.1) is 6.92 Å². The maximum absolute atomic E-state index is 12.0. The first-order valence-corrected chi connectivity index (χ1v) is 7.48. The lowest BCUT2D eigenvalue weighted by Gasteiger charge is -2.22. The third kappa shape index (κ3) is 3.97. The van der Waals surface area contributed by atoms with E-state index in [4.69, 9.17) is 0 Å². The molecule has 2 rings (SSSR count). The number of rotatable bonds is 5. The number of hydrogen-bond donors (Lipinski definition) is 2. The van der Waals surface area contributed by atoms with Crippen molar-refractivity contribution in [2.45, 2.75) is 20.8 Å². The molecule has 0 bridgehead atoms. The molecule has 5 heteroatoms. The molecule has 1 aromatic carbocycles. The Bertz CT molecular complexity index is 624. The Morgan fingerprint density at radius 2 is 1.91 bits per heavy atom. The molecule has 0 aliphatic heterocycles. The number of urea groups is 1. The van der Waals surface area contributed by atoms with Gasteiger partial charge in [-0.1, -0.05) is 6.07 Å². The zero-order valence-corrected chi connectivity index (χ0v) is 13.3. The summed E-state index contributed by atoms with van der Waals surface area (Å²) in [6, 6.07) is 11.1. The first-order valence-electron chi connectivity index (χ1n) is 7.48. The van der Waals surface area contributed by atoms with Gasteiger partial charge < -0.3 is 10.2 Å². The smallest absolute Gasteiger partial charge is 0.324 e. The van der Waals surface area contributed by atoms with Crippen molar-refractivity contribution < 1.29 is 4.79 Å². The van der Waals surface area contributed by atoms with Crippen LogP contribution in [0.2, 0.25) is 0 Å². The van der Waals surface area contributed by atoms with Gasteiger partial charge in [-0.2, -0.15) is 0 Å². The number of anilines is 3. The van der Waals surface area contributed by atoms with Crippen molar-refractivity contribution in [2.24, 2.45) is 0 Å². The summed E-state index contributed by atoms with van der Waals surface area (Å²) < 4.78 is 0. The summed E-state index contributed by atoms with van der Waals surface area (Å²) in [6.07, 6.45) is 1.64. The zero-order chi connectivity index (χ0) is 15.9. The summed E-state index contributed by atoms with van der Waals surface area (Å²) in [4.78, 5) is 18.3. The molecule has 1 heterocycles. The van der Waals surface area contributed by atoms with Crippen LogP contribution in [0.3, 0.4) is 0 Å². The summed E-state index contributed by atoms with van der Waals surface area (Å²) in [5.41, 5.74) is 2.99. The van der Waals surface area contributed by atoms with E-state index in [0.717, 1.165) is 30.0 Å². The number of nitrogens with zero attached hydrogens (tertiary/aromatic N) is 2. The average Bonchev–Trinajstić information content (AvgIpc) is 2.52. The second-order valence-electron chi connectivity index (χ2n) is 4.97. The molecule has 2 amide bonds. The largest absolute Gasteiger partial charge is 0.372 e. The van der Waals surface area contributed by atoms with Crippen LogP contribution < -0.4 is 15.5 Å². The van der Waals surface area contributed by atoms with Crippen LogP contribution in [-0.4, -0.2) is 24.1 Å². The second kappa shape index (κ2) is 7.45. The van der Waals surface area contributed by atoms with Gasteiger partial charge in [0, 0.05) is 30.7 Å². The quantitative estimate of drug-likeness (QED) is 0.880. The maximum Gasteiger partial charge on any atom is 0.324 e. The minimum Gasteiger partial charge on any atom is -0.372 e. The standard InChI is InChI=1S/C17H22N4O/c1-4-21(5-2)14-9-10-15(13(3)12-14)19-17(22)20-16-8-6-7-11-18-16/h6-12H,4-5H2,1-3H3,(H2,18,19,20,22). The molecule has 0 spiro atoms. The molecule has 0 aliphatic carbocycles. The molecule has 0 aliphatic rings. The van der Waals surface area contributed by atoms with Gasteiger partial charge in [0.2, 0.25) is 0 Å². The van der Waals surface area contributed by atoms with E-state index in [1.54, 1.807) is 18.3 Å². The fourth-order valence-corrected chi connectivity index (χ4v) is 2.28. The highest BCUT2D eigenvalue weighted by molar-refractivity contribution is 5.99. The average molecular weight is 298 g/mol. The van der Waals surface area contributed by atoms with Crippen LogP contribution in [0.4, 0.5) is 22.0 Å². The van der Waals surface area contributed by atoms with Crippen LogP contribution in [0.25, 0.3) is 0 Å². The van der Waals surface area contributed by atoms with Crippen molar-refractivity contribution in [3.8, 4) is 0 Å². The van der Waals surface area contributed by atoms with Crippen LogP contribution in [0.5, 0.6) is 0 Å². The molecule has 0 saturated carbocycles. The second-order valence-corrected chi connectivity index (χ2v) is 4.97. The van der Waals surface area contributed by atoms with Gasteiger partial charge in [-0.15, -0.1) is 0 Å². The lowest BCUT2D eigenvalue weighted by Crippen LogP contribution is -2.23. The summed E-state index contributed by atoms with van der Waals surface area (Å²) in [6.45, 7) is 8.17. The molecule has 0 unspecified atom stereocenters. The van der Waals surface area contributed by atoms with Crippen molar-refractivity contribution >= 4 is 23.2 Å². The van der Waals surface area contributed by atoms with E-state index >= 15 is 0 Å². The van der Waals surface area contributed by atoms with E-state index in [2.05, 4.69) is 40.4 Å². The number of hydrogen-bond acceptors (Lipinski definition) is 3. The molecule has 0 atom stereocenters. The van der Waals surface area contributed by atoms with Gasteiger partial charge in [-0.25, -0.2) is 9.78 Å². The number of aromatic nitrogens is 1. The molecular weight excluding hydrogens is 276 g/mol. The van der Waals surface area contributed by atoms with E-state index in [1.165, 1.54) is 0 Å². The Labute approximate surface area is 131 Å². The van der Waals surface area contributed by atoms with E-state index in [1.807, 2.05) is 25.1 Å². The van der Waals surface area contributed by atoms with Crippen LogP contribution in [-0.2, 0) is 0 Å². The minimum absolute atomic E-state index is 0.294.